The maximum Gasteiger partial charge on any atom is 0.256 e. The fourth-order valence-corrected chi connectivity index (χ4v) is 3.69. The van der Waals surface area contributed by atoms with Crippen molar-refractivity contribution in [2.24, 2.45) is 0 Å². The van der Waals surface area contributed by atoms with Crippen molar-refractivity contribution in [1.82, 2.24) is 14.7 Å². The summed E-state index contributed by atoms with van der Waals surface area (Å²) in [6, 6.07) is 15.7. The van der Waals surface area contributed by atoms with Crippen molar-refractivity contribution in [3.05, 3.63) is 75.9 Å². The Morgan fingerprint density at radius 3 is 2.21 bits per heavy atom. The van der Waals surface area contributed by atoms with Crippen molar-refractivity contribution in [3.63, 3.8) is 0 Å². The van der Waals surface area contributed by atoms with Crippen molar-refractivity contribution in [3.8, 4) is 5.69 Å². The van der Waals surface area contributed by atoms with Crippen LogP contribution in [0.15, 0.2) is 54.6 Å². The van der Waals surface area contributed by atoms with Gasteiger partial charge in [-0.2, -0.15) is 5.10 Å². The Morgan fingerprint density at radius 1 is 1.03 bits per heavy atom. The van der Waals surface area contributed by atoms with E-state index >= 15 is 0 Å². The zero-order valence-electron chi connectivity index (χ0n) is 19.4. The van der Waals surface area contributed by atoms with E-state index in [1.807, 2.05) is 58.9 Å². The Balaban J connectivity index is 1.90. The quantitative estimate of drug-likeness (QED) is 0.466. The minimum absolute atomic E-state index is 0.139. The second-order valence-electron chi connectivity index (χ2n) is 9.08. The van der Waals surface area contributed by atoms with E-state index in [1.54, 1.807) is 35.0 Å². The maximum atomic E-state index is 13.1. The van der Waals surface area contributed by atoms with E-state index < -0.39 is 0 Å². The molecule has 33 heavy (non-hydrogen) atoms. The number of nitrogens with one attached hydrogen (secondary N) is 1. The molecule has 3 aromatic rings. The lowest BCUT2D eigenvalue weighted by Crippen LogP contribution is -2.42. The molecule has 1 N–H and O–H groups in total. The Kier molecular flexibility index (Phi) is 7.50. The largest absolute Gasteiger partial charge is 0.327 e. The summed E-state index contributed by atoms with van der Waals surface area (Å²) < 4.78 is 1.62. The highest BCUT2D eigenvalue weighted by Crippen LogP contribution is 2.29. The molecule has 0 saturated heterocycles. The van der Waals surface area contributed by atoms with Crippen LogP contribution in [0.4, 0.5) is 5.82 Å². The average Bonchev–Trinajstić information content (AvgIpc) is 3.16. The number of rotatable bonds is 6. The first kappa shape index (κ1) is 24.8. The molecule has 0 radical (unpaired) electrons. The summed E-state index contributed by atoms with van der Waals surface area (Å²) in [5, 5.41) is 8.46. The molecule has 0 saturated carbocycles. The molecule has 0 bridgehead atoms. The highest BCUT2D eigenvalue weighted by atomic mass is 35.5. The van der Waals surface area contributed by atoms with Crippen LogP contribution in [0.5, 0.6) is 0 Å². The Morgan fingerprint density at radius 2 is 1.64 bits per heavy atom. The lowest BCUT2D eigenvalue weighted by molar-refractivity contribution is -0.117. The molecule has 0 aliphatic heterocycles. The molecule has 2 amide bonds. The molecule has 8 heteroatoms. The first-order valence-corrected chi connectivity index (χ1v) is 11.5. The molecule has 2 aromatic carbocycles. The zero-order valence-corrected chi connectivity index (χ0v) is 20.9. The van der Waals surface area contributed by atoms with E-state index in [0.717, 1.165) is 5.69 Å². The number of anilines is 1. The molecule has 0 fully saturated rings. The number of hydrogen-bond donors (Lipinski definition) is 1. The highest BCUT2D eigenvalue weighted by molar-refractivity contribution is 6.34. The summed E-state index contributed by atoms with van der Waals surface area (Å²) in [6.07, 6.45) is 0. The van der Waals surface area contributed by atoms with Gasteiger partial charge < -0.3 is 10.2 Å². The van der Waals surface area contributed by atoms with E-state index in [1.165, 1.54) is 4.90 Å². The van der Waals surface area contributed by atoms with E-state index in [2.05, 4.69) is 5.32 Å². The summed E-state index contributed by atoms with van der Waals surface area (Å²) >= 11 is 12.6. The third-order valence-corrected chi connectivity index (χ3v) is 5.78. The van der Waals surface area contributed by atoms with Gasteiger partial charge in [0.05, 0.1) is 27.0 Å². The molecular formula is C25H28Cl2N4O2. The molecule has 0 spiro atoms. The minimum Gasteiger partial charge on any atom is -0.327 e. The molecule has 0 aliphatic carbocycles. The van der Waals surface area contributed by atoms with Crippen LogP contribution in [-0.4, -0.2) is 39.1 Å². The third-order valence-electron chi connectivity index (χ3n) is 5.13. The van der Waals surface area contributed by atoms with Crippen molar-refractivity contribution in [1.29, 1.82) is 0 Å². The normalized spacial score (nSPS) is 11.5. The fourth-order valence-electron chi connectivity index (χ4n) is 3.26. The molecule has 6 nitrogen and oxygen atoms in total. The zero-order chi connectivity index (χ0) is 24.3. The number of amides is 2. The van der Waals surface area contributed by atoms with Gasteiger partial charge >= 0.3 is 0 Å². The number of para-hydroxylation sites is 1. The first-order chi connectivity index (χ1) is 15.5. The second-order valence-corrected chi connectivity index (χ2v) is 9.90. The van der Waals surface area contributed by atoms with Crippen LogP contribution in [0.25, 0.3) is 5.69 Å². The van der Waals surface area contributed by atoms with Gasteiger partial charge in [0.1, 0.15) is 12.4 Å². The van der Waals surface area contributed by atoms with Crippen LogP contribution in [-0.2, 0) is 10.2 Å². The van der Waals surface area contributed by atoms with Crippen molar-refractivity contribution in [2.75, 3.05) is 11.9 Å². The molecule has 1 heterocycles. The molecule has 0 unspecified atom stereocenters. The van der Waals surface area contributed by atoms with Gasteiger partial charge in [-0.25, -0.2) is 4.68 Å². The highest BCUT2D eigenvalue weighted by Gasteiger charge is 2.26. The average molecular weight is 487 g/mol. The molecule has 0 aliphatic rings. The lowest BCUT2D eigenvalue weighted by atomic mass is 9.92. The van der Waals surface area contributed by atoms with Gasteiger partial charge in [0, 0.05) is 17.5 Å². The van der Waals surface area contributed by atoms with Crippen molar-refractivity contribution < 1.29 is 9.59 Å². The Hall–Kier alpha value is -2.83. The predicted molar refractivity (Wildman–Crippen MR) is 134 cm³/mol. The SMILES string of the molecule is CC(C)N(CC(=O)Nc1cc(C(C)(C)C)nn1-c1ccccc1Cl)C(=O)c1ccccc1Cl. The second kappa shape index (κ2) is 9.98. The van der Waals surface area contributed by atoms with Crippen LogP contribution in [0.1, 0.15) is 50.7 Å². The van der Waals surface area contributed by atoms with Gasteiger partial charge in [-0.05, 0) is 38.1 Å². The number of nitrogens with zero attached hydrogens (tertiary/aromatic N) is 3. The number of halogens is 2. The number of benzene rings is 2. The molecular weight excluding hydrogens is 459 g/mol. The number of hydrogen-bond acceptors (Lipinski definition) is 3. The monoisotopic (exact) mass is 486 g/mol. The smallest absolute Gasteiger partial charge is 0.256 e. The number of carbonyl (C=O) groups is 2. The van der Waals surface area contributed by atoms with Crippen molar-refractivity contribution >= 4 is 40.8 Å². The Labute approximate surface area is 204 Å². The summed E-state index contributed by atoms with van der Waals surface area (Å²) in [4.78, 5) is 27.6. The first-order valence-electron chi connectivity index (χ1n) is 10.7. The van der Waals surface area contributed by atoms with Gasteiger partial charge in [-0.1, -0.05) is 68.2 Å². The van der Waals surface area contributed by atoms with E-state index in [9.17, 15) is 9.59 Å². The number of aromatic nitrogens is 2. The van der Waals surface area contributed by atoms with Gasteiger partial charge in [0.2, 0.25) is 5.91 Å². The topological polar surface area (TPSA) is 67.2 Å². The number of carbonyl (C=O) groups excluding carboxylic acids is 2. The molecule has 3 rings (SSSR count). The van der Waals surface area contributed by atoms with E-state index in [-0.39, 0.29) is 29.8 Å². The van der Waals surface area contributed by atoms with Crippen LogP contribution in [0.3, 0.4) is 0 Å². The summed E-state index contributed by atoms with van der Waals surface area (Å²) in [5.41, 5.74) is 1.57. The standard InChI is InChI=1S/C25H28Cl2N4O2/c1-16(2)30(24(33)17-10-6-7-11-18(17)26)15-23(32)28-22-14-21(25(3,4)5)29-31(22)20-13-9-8-12-19(20)27/h6-14,16H,15H2,1-5H3,(H,28,32). The maximum absolute atomic E-state index is 13.1. The van der Waals surface area contributed by atoms with Crippen LogP contribution in [0.2, 0.25) is 10.0 Å². The van der Waals surface area contributed by atoms with Gasteiger partial charge in [-0.15, -0.1) is 0 Å². The predicted octanol–water partition coefficient (Wildman–Crippen LogP) is 5.97. The minimum atomic E-state index is -0.349. The van der Waals surface area contributed by atoms with Gasteiger partial charge in [-0.3, -0.25) is 9.59 Å². The van der Waals surface area contributed by atoms with Gasteiger partial charge in [0.15, 0.2) is 0 Å². The van der Waals surface area contributed by atoms with E-state index in [0.29, 0.717) is 27.1 Å². The third kappa shape index (κ3) is 5.75. The van der Waals surface area contributed by atoms with Crippen LogP contribution in [0, 0.1) is 0 Å². The summed E-state index contributed by atoms with van der Waals surface area (Å²) in [7, 11) is 0. The summed E-state index contributed by atoms with van der Waals surface area (Å²) in [5.74, 6) is -0.176. The molecule has 0 atom stereocenters. The summed E-state index contributed by atoms with van der Waals surface area (Å²) in [6.45, 7) is 9.70. The Bertz CT molecular complexity index is 1170. The van der Waals surface area contributed by atoms with Crippen LogP contribution < -0.4 is 5.32 Å². The molecule has 174 valence electrons. The fraction of sp³-hybridized carbons (Fsp3) is 0.320. The lowest BCUT2D eigenvalue weighted by Gasteiger charge is -2.26. The van der Waals surface area contributed by atoms with E-state index in [4.69, 9.17) is 28.3 Å². The van der Waals surface area contributed by atoms with Crippen molar-refractivity contribution in [2.45, 2.75) is 46.1 Å². The van der Waals surface area contributed by atoms with Crippen LogP contribution >= 0.6 is 23.2 Å². The molecule has 1 aromatic heterocycles. The van der Waals surface area contributed by atoms with Gasteiger partial charge in [0.25, 0.3) is 5.91 Å².